The molecule has 5 heterocycles. The Morgan fingerprint density at radius 1 is 1.15 bits per heavy atom. The van der Waals surface area contributed by atoms with Gasteiger partial charge in [-0.25, -0.2) is 18.6 Å². The van der Waals surface area contributed by atoms with E-state index >= 15 is 0 Å². The molecule has 0 radical (unpaired) electrons. The molecule has 0 spiro atoms. The number of ether oxygens (including phenoxy) is 2. The van der Waals surface area contributed by atoms with Gasteiger partial charge in [0.05, 0.1) is 41.3 Å². The molecule has 2 aromatic heterocycles. The van der Waals surface area contributed by atoms with Crippen molar-refractivity contribution in [1.82, 2.24) is 24.8 Å². The van der Waals surface area contributed by atoms with Crippen molar-refractivity contribution < 1.29 is 54.5 Å². The van der Waals surface area contributed by atoms with E-state index in [4.69, 9.17) is 30.1 Å². The van der Waals surface area contributed by atoms with Crippen molar-refractivity contribution >= 4 is 28.5 Å². The van der Waals surface area contributed by atoms with Crippen molar-refractivity contribution in [3.8, 4) is 29.1 Å². The fourth-order valence-electron chi connectivity index (χ4n) is 7.01. The highest BCUT2D eigenvalue weighted by Gasteiger charge is 2.40. The monoisotopic (exact) mass is 774 g/mol. The molecule has 0 aliphatic carbocycles. The van der Waals surface area contributed by atoms with E-state index in [9.17, 15) is 40.4 Å². The van der Waals surface area contributed by atoms with Gasteiger partial charge in [0.25, 0.3) is 0 Å². The number of carboxylic acids is 1. The number of nitriles is 1. The van der Waals surface area contributed by atoms with E-state index < -0.39 is 36.2 Å². The molecule has 0 bridgehead atoms. The van der Waals surface area contributed by atoms with Crippen LogP contribution in [-0.2, 0) is 17.4 Å². The number of carbonyl (C=O) groups is 1. The summed E-state index contributed by atoms with van der Waals surface area (Å²) < 4.78 is 115. The summed E-state index contributed by atoms with van der Waals surface area (Å²) in [6, 6.07) is 4.40. The standard InChI is InChI=1S/C32H37F5N8O2.C2HF3O2/c1-17-10-25(39)41-28(27(17)32(35,36)37)23-12-24-26(29-22(23)5-9-46-29)30(42-31(40-24)47-16-21-11-19(34)14-43(21)3)45-8-7-44(13-18(2)33)20(15-45)4-6-38;3-2(4,5)1(6)7/h10,12,18-21H,4-5,7-9,11,13-16H2,1-3H3,(H2,39,41);(H,6,7)/t18?,19-,20+,21+;/m1./s1. The van der Waals surface area contributed by atoms with Gasteiger partial charge in [0, 0.05) is 62.4 Å². The molecule has 6 rings (SSSR count). The van der Waals surface area contributed by atoms with Crippen LogP contribution in [0, 0.1) is 18.3 Å². The number of piperazine rings is 1. The maximum atomic E-state index is 14.4. The fraction of sp³-hybridized carbons (Fsp3) is 0.559. The average Bonchev–Trinajstić information content (AvgIpc) is 3.68. The first-order valence-electron chi connectivity index (χ1n) is 16.9. The number of alkyl halides is 8. The van der Waals surface area contributed by atoms with Crippen molar-refractivity contribution in [3.05, 3.63) is 28.8 Å². The Morgan fingerprint density at radius 2 is 1.85 bits per heavy atom. The summed E-state index contributed by atoms with van der Waals surface area (Å²) in [5.41, 5.74) is 5.70. The van der Waals surface area contributed by atoms with E-state index in [1.165, 1.54) is 19.9 Å². The lowest BCUT2D eigenvalue weighted by Crippen LogP contribution is -2.54. The lowest BCUT2D eigenvalue weighted by atomic mass is 9.94. The summed E-state index contributed by atoms with van der Waals surface area (Å²) in [6.45, 7) is 4.82. The number of anilines is 2. The first kappa shape index (κ1) is 40.4. The SMILES string of the molecule is Cc1cc(N)nc(-c2cc3nc(OC[C@@H]4C[C@@H](F)CN4C)nc(N4CCN(CC(C)F)[C@@H](CC#N)C4)c3c3c2CCO3)c1C(F)(F)F.O=C(O)C(F)(F)F. The van der Waals surface area contributed by atoms with Crippen LogP contribution >= 0.6 is 0 Å². The maximum Gasteiger partial charge on any atom is 0.490 e. The third-order valence-electron chi connectivity index (χ3n) is 9.38. The van der Waals surface area contributed by atoms with Crippen LogP contribution in [0.1, 0.15) is 36.5 Å². The normalized spacial score (nSPS) is 21.2. The van der Waals surface area contributed by atoms with E-state index in [0.29, 0.717) is 48.6 Å². The number of benzene rings is 1. The Hall–Kier alpha value is -4.77. The number of likely N-dealkylation sites (N-methyl/N-ethyl adjacent to an activating group) is 1. The smallest absolute Gasteiger partial charge is 0.490 e. The van der Waals surface area contributed by atoms with Crippen molar-refractivity contribution in [1.29, 1.82) is 5.26 Å². The topological polar surface area (TPSA) is 154 Å². The van der Waals surface area contributed by atoms with E-state index in [1.54, 1.807) is 13.1 Å². The first-order chi connectivity index (χ1) is 25.3. The van der Waals surface area contributed by atoms with Crippen LogP contribution in [0.2, 0.25) is 0 Å². The second kappa shape index (κ2) is 15.9. The molecule has 4 atom stereocenters. The van der Waals surface area contributed by atoms with Crippen molar-refractivity contribution in [2.24, 2.45) is 0 Å². The molecule has 0 saturated carbocycles. The van der Waals surface area contributed by atoms with Gasteiger partial charge in [-0.1, -0.05) is 0 Å². The Kier molecular flexibility index (Phi) is 11.9. The third-order valence-corrected chi connectivity index (χ3v) is 9.38. The molecule has 3 aliphatic heterocycles. The number of pyridine rings is 1. The molecule has 20 heteroatoms. The molecule has 1 aromatic carbocycles. The fourth-order valence-corrected chi connectivity index (χ4v) is 7.01. The second-order valence-corrected chi connectivity index (χ2v) is 13.4. The van der Waals surface area contributed by atoms with Crippen LogP contribution in [-0.4, -0.2) is 119 Å². The van der Waals surface area contributed by atoms with E-state index in [-0.39, 0.29) is 85.4 Å². The van der Waals surface area contributed by atoms with Crippen molar-refractivity contribution in [2.45, 2.75) is 69.9 Å². The molecule has 0 amide bonds. The lowest BCUT2D eigenvalue weighted by Gasteiger charge is -2.41. The minimum atomic E-state index is -5.08. The Labute approximate surface area is 304 Å². The Bertz CT molecular complexity index is 1900. The highest BCUT2D eigenvalue weighted by molar-refractivity contribution is 6.00. The number of nitrogens with zero attached hydrogens (tertiary/aromatic N) is 7. The van der Waals surface area contributed by atoms with Gasteiger partial charge < -0.3 is 25.2 Å². The number of rotatable bonds is 8. The Balaban J connectivity index is 0.000000730. The van der Waals surface area contributed by atoms with Gasteiger partial charge in [-0.3, -0.25) is 9.80 Å². The van der Waals surface area contributed by atoms with Gasteiger partial charge in [-0.05, 0) is 45.0 Å². The summed E-state index contributed by atoms with van der Waals surface area (Å²) >= 11 is 0. The van der Waals surface area contributed by atoms with Crippen molar-refractivity contribution in [2.75, 3.05) is 63.6 Å². The molecule has 3 N–H and O–H groups in total. The van der Waals surface area contributed by atoms with Crippen molar-refractivity contribution in [3.63, 3.8) is 0 Å². The minimum Gasteiger partial charge on any atom is -0.492 e. The van der Waals surface area contributed by atoms with Gasteiger partial charge in [-0.15, -0.1) is 0 Å². The zero-order valence-corrected chi connectivity index (χ0v) is 29.4. The second-order valence-electron chi connectivity index (χ2n) is 13.4. The molecule has 54 heavy (non-hydrogen) atoms. The summed E-state index contributed by atoms with van der Waals surface area (Å²) in [5, 5.41) is 17.2. The van der Waals surface area contributed by atoms with Gasteiger partial charge in [0.1, 0.15) is 36.3 Å². The average molecular weight is 775 g/mol. The van der Waals surface area contributed by atoms with Gasteiger partial charge in [0.15, 0.2) is 0 Å². The summed E-state index contributed by atoms with van der Waals surface area (Å²) in [4.78, 5) is 28.2. The number of aliphatic carboxylic acids is 1. The third kappa shape index (κ3) is 8.94. The van der Waals surface area contributed by atoms with Crippen LogP contribution in [0.3, 0.4) is 0 Å². The number of nitrogens with two attached hydrogens (primary N) is 1. The number of aryl methyl sites for hydroxylation is 1. The zero-order valence-electron chi connectivity index (χ0n) is 29.4. The highest BCUT2D eigenvalue weighted by Crippen LogP contribution is 2.47. The summed E-state index contributed by atoms with van der Waals surface area (Å²) in [6.07, 6.45) is -11.1. The Morgan fingerprint density at radius 3 is 2.44 bits per heavy atom. The van der Waals surface area contributed by atoms with E-state index in [2.05, 4.69) is 16.0 Å². The first-order valence-corrected chi connectivity index (χ1v) is 16.9. The number of carboxylic acid groups (broad SMARTS) is 1. The number of fused-ring (bicyclic) bond motifs is 3. The minimum absolute atomic E-state index is 0.0310. The largest absolute Gasteiger partial charge is 0.492 e. The molecule has 3 aromatic rings. The number of nitrogen functional groups attached to an aromatic ring is 1. The molecule has 1 unspecified atom stereocenters. The highest BCUT2D eigenvalue weighted by atomic mass is 19.4. The van der Waals surface area contributed by atoms with Crippen LogP contribution in [0.25, 0.3) is 22.2 Å². The van der Waals surface area contributed by atoms with E-state index in [0.717, 1.165) is 0 Å². The molecule has 2 fully saturated rings. The summed E-state index contributed by atoms with van der Waals surface area (Å²) in [7, 11) is 1.80. The summed E-state index contributed by atoms with van der Waals surface area (Å²) in [5.74, 6) is -2.03. The molecule has 2 saturated heterocycles. The molecule has 12 nitrogen and oxygen atoms in total. The number of hydrogen-bond donors (Lipinski definition) is 2. The number of likely N-dealkylation sites (tertiary alicyclic amines) is 1. The van der Waals surface area contributed by atoms with Gasteiger partial charge >= 0.3 is 24.3 Å². The van der Waals surface area contributed by atoms with Crippen LogP contribution in [0.4, 0.5) is 46.8 Å². The number of halogens is 8. The molecular formula is C34H38F8N8O4. The number of hydrogen-bond acceptors (Lipinski definition) is 11. The maximum absolute atomic E-state index is 14.4. The zero-order chi connectivity index (χ0) is 39.7. The van der Waals surface area contributed by atoms with Gasteiger partial charge in [-0.2, -0.15) is 41.6 Å². The van der Waals surface area contributed by atoms with E-state index in [1.807, 2.05) is 14.7 Å². The molecular weight excluding hydrogens is 736 g/mol. The lowest BCUT2D eigenvalue weighted by molar-refractivity contribution is -0.192. The quantitative estimate of drug-likeness (QED) is 0.284. The van der Waals surface area contributed by atoms with Crippen LogP contribution in [0.15, 0.2) is 12.1 Å². The van der Waals surface area contributed by atoms with Crippen LogP contribution in [0.5, 0.6) is 11.8 Å². The van der Waals surface area contributed by atoms with Gasteiger partial charge in [0.2, 0.25) is 0 Å². The predicted molar refractivity (Wildman–Crippen MR) is 180 cm³/mol. The van der Waals surface area contributed by atoms with Crippen LogP contribution < -0.4 is 20.1 Å². The number of aromatic nitrogens is 3. The molecule has 3 aliphatic rings. The molecule has 294 valence electrons. The predicted octanol–water partition coefficient (Wildman–Crippen LogP) is 5.35.